The standard InChI is InChI=1S/C20H21ClN4O5/c1-30-19(26)18(16-7-2-3-8-17(16)21)23-9-11-24(12-10-23)20(27)22-14-5-4-6-15(13-14)25(28)29/h2-8,13,18H,9-12H2,1H3,(H,22,27). The SMILES string of the molecule is COC(=O)C(c1ccccc1Cl)N1CCN(C(=O)Nc2cccc([N+](=O)[O-])c2)CC1. The number of nitrogens with one attached hydrogen (secondary N) is 1. The molecule has 0 radical (unpaired) electrons. The number of nitrogens with zero attached hydrogens (tertiary/aromatic N) is 3. The zero-order valence-corrected chi connectivity index (χ0v) is 17.0. The van der Waals surface area contributed by atoms with Crippen LogP contribution in [0.1, 0.15) is 11.6 Å². The average molecular weight is 433 g/mol. The fourth-order valence-electron chi connectivity index (χ4n) is 3.36. The fourth-order valence-corrected chi connectivity index (χ4v) is 3.60. The summed E-state index contributed by atoms with van der Waals surface area (Å²) in [5, 5.41) is 14.0. The number of carbonyl (C=O) groups excluding carboxylic acids is 2. The molecule has 2 aromatic carbocycles. The quantitative estimate of drug-likeness (QED) is 0.441. The van der Waals surface area contributed by atoms with Crippen LogP contribution < -0.4 is 5.32 Å². The summed E-state index contributed by atoms with van der Waals surface area (Å²) in [7, 11) is 1.33. The second-order valence-corrected chi connectivity index (χ2v) is 7.12. The van der Waals surface area contributed by atoms with Crippen molar-refractivity contribution >= 4 is 35.0 Å². The number of benzene rings is 2. The first-order valence-corrected chi connectivity index (χ1v) is 9.65. The molecule has 1 unspecified atom stereocenters. The molecule has 30 heavy (non-hydrogen) atoms. The van der Waals surface area contributed by atoms with Crippen LogP contribution in [0.4, 0.5) is 16.2 Å². The number of nitro benzene ring substituents is 1. The van der Waals surface area contributed by atoms with Crippen molar-refractivity contribution in [2.75, 3.05) is 38.6 Å². The highest BCUT2D eigenvalue weighted by Crippen LogP contribution is 2.29. The maximum atomic E-state index is 12.6. The van der Waals surface area contributed by atoms with Crippen molar-refractivity contribution in [1.29, 1.82) is 0 Å². The van der Waals surface area contributed by atoms with Crippen molar-refractivity contribution in [1.82, 2.24) is 9.80 Å². The molecule has 2 aromatic rings. The summed E-state index contributed by atoms with van der Waals surface area (Å²) in [6.07, 6.45) is 0. The van der Waals surface area contributed by atoms with Crippen molar-refractivity contribution in [2.45, 2.75) is 6.04 Å². The van der Waals surface area contributed by atoms with Gasteiger partial charge in [0, 0.05) is 49.0 Å². The monoisotopic (exact) mass is 432 g/mol. The van der Waals surface area contributed by atoms with E-state index in [0.717, 1.165) is 0 Å². The van der Waals surface area contributed by atoms with E-state index >= 15 is 0 Å². The Morgan fingerprint density at radius 3 is 2.47 bits per heavy atom. The van der Waals surface area contributed by atoms with Gasteiger partial charge >= 0.3 is 12.0 Å². The lowest BCUT2D eigenvalue weighted by Crippen LogP contribution is -2.52. The van der Waals surface area contributed by atoms with Gasteiger partial charge in [0.05, 0.1) is 12.0 Å². The van der Waals surface area contributed by atoms with Crippen molar-refractivity contribution in [3.05, 3.63) is 69.2 Å². The van der Waals surface area contributed by atoms with Gasteiger partial charge in [-0.25, -0.2) is 9.59 Å². The Morgan fingerprint density at radius 1 is 1.13 bits per heavy atom. The molecule has 1 aliphatic heterocycles. The van der Waals surface area contributed by atoms with Gasteiger partial charge in [-0.1, -0.05) is 35.9 Å². The van der Waals surface area contributed by atoms with Crippen LogP contribution in [0.15, 0.2) is 48.5 Å². The Kier molecular flexibility index (Phi) is 6.86. The number of urea groups is 1. The van der Waals surface area contributed by atoms with Gasteiger partial charge in [0.25, 0.3) is 5.69 Å². The maximum Gasteiger partial charge on any atom is 0.327 e. The second kappa shape index (κ2) is 9.55. The summed E-state index contributed by atoms with van der Waals surface area (Å²) in [5.74, 6) is -0.419. The molecule has 0 saturated carbocycles. The number of halogens is 1. The highest BCUT2D eigenvalue weighted by atomic mass is 35.5. The third kappa shape index (κ3) is 4.87. The van der Waals surface area contributed by atoms with E-state index in [9.17, 15) is 19.7 Å². The lowest BCUT2D eigenvalue weighted by Gasteiger charge is -2.38. The van der Waals surface area contributed by atoms with Gasteiger partial charge in [0.1, 0.15) is 6.04 Å². The van der Waals surface area contributed by atoms with Crippen LogP contribution in [0, 0.1) is 10.1 Å². The molecule has 1 atom stereocenters. The average Bonchev–Trinajstić information content (AvgIpc) is 2.75. The summed E-state index contributed by atoms with van der Waals surface area (Å²) < 4.78 is 4.97. The molecular formula is C20H21ClN4O5. The minimum absolute atomic E-state index is 0.0988. The van der Waals surface area contributed by atoms with Crippen LogP contribution in [0.2, 0.25) is 5.02 Å². The van der Waals surface area contributed by atoms with Gasteiger partial charge in [0.2, 0.25) is 0 Å². The molecule has 0 bridgehead atoms. The van der Waals surface area contributed by atoms with Crippen molar-refractivity contribution < 1.29 is 19.2 Å². The molecule has 1 aliphatic rings. The summed E-state index contributed by atoms with van der Waals surface area (Å²) in [5.41, 5.74) is 0.902. The zero-order chi connectivity index (χ0) is 21.7. The molecule has 0 spiro atoms. The minimum Gasteiger partial charge on any atom is -0.468 e. The molecule has 1 N–H and O–H groups in total. The molecule has 0 aliphatic carbocycles. The summed E-state index contributed by atoms with van der Waals surface area (Å²) in [6, 6.07) is 11.8. The first-order chi connectivity index (χ1) is 14.4. The van der Waals surface area contributed by atoms with Gasteiger partial charge < -0.3 is 15.0 Å². The van der Waals surface area contributed by atoms with Gasteiger partial charge in [-0.05, 0) is 17.7 Å². The predicted octanol–water partition coefficient (Wildman–Crippen LogP) is 3.31. The molecule has 10 heteroatoms. The van der Waals surface area contributed by atoms with E-state index in [2.05, 4.69) is 5.32 Å². The number of methoxy groups -OCH3 is 1. The topological polar surface area (TPSA) is 105 Å². The molecule has 0 aromatic heterocycles. The van der Waals surface area contributed by atoms with E-state index in [1.165, 1.54) is 25.3 Å². The molecular weight excluding hydrogens is 412 g/mol. The third-order valence-electron chi connectivity index (χ3n) is 4.90. The van der Waals surface area contributed by atoms with Crippen LogP contribution in [0.25, 0.3) is 0 Å². The molecule has 9 nitrogen and oxygen atoms in total. The lowest BCUT2D eigenvalue weighted by molar-refractivity contribution is -0.384. The minimum atomic E-state index is -0.661. The number of hydrogen-bond donors (Lipinski definition) is 1. The Hall–Kier alpha value is -3.17. The number of esters is 1. The molecule has 1 saturated heterocycles. The molecule has 3 rings (SSSR count). The number of piperazine rings is 1. The molecule has 158 valence electrons. The lowest BCUT2D eigenvalue weighted by atomic mass is 10.0. The number of hydrogen-bond acceptors (Lipinski definition) is 6. The van der Waals surface area contributed by atoms with Crippen LogP contribution >= 0.6 is 11.6 Å². The molecule has 1 fully saturated rings. The first kappa shape index (κ1) is 21.5. The van der Waals surface area contributed by atoms with E-state index in [-0.39, 0.29) is 11.7 Å². The first-order valence-electron chi connectivity index (χ1n) is 9.27. The number of amides is 2. The smallest absolute Gasteiger partial charge is 0.327 e. The number of ether oxygens (including phenoxy) is 1. The van der Waals surface area contributed by atoms with Crippen LogP contribution in [-0.2, 0) is 9.53 Å². The molecule has 1 heterocycles. The number of rotatable bonds is 5. The Balaban J connectivity index is 1.66. The maximum absolute atomic E-state index is 12.6. The van der Waals surface area contributed by atoms with Crippen LogP contribution in [0.5, 0.6) is 0 Å². The van der Waals surface area contributed by atoms with Crippen LogP contribution in [0.3, 0.4) is 0 Å². The van der Waals surface area contributed by atoms with Gasteiger partial charge in [0.15, 0.2) is 0 Å². The highest BCUT2D eigenvalue weighted by molar-refractivity contribution is 6.31. The van der Waals surface area contributed by atoms with Gasteiger partial charge in [-0.15, -0.1) is 0 Å². The number of anilines is 1. The Labute approximate surface area is 178 Å². The Morgan fingerprint density at radius 2 is 1.83 bits per heavy atom. The second-order valence-electron chi connectivity index (χ2n) is 6.71. The predicted molar refractivity (Wildman–Crippen MR) is 111 cm³/mol. The highest BCUT2D eigenvalue weighted by Gasteiger charge is 2.33. The number of carbonyl (C=O) groups is 2. The van der Waals surface area contributed by atoms with Crippen LogP contribution in [-0.4, -0.2) is 60.0 Å². The fraction of sp³-hybridized carbons (Fsp3) is 0.300. The normalized spacial score (nSPS) is 15.3. The van der Waals surface area contributed by atoms with Crippen molar-refractivity contribution in [3.8, 4) is 0 Å². The van der Waals surface area contributed by atoms with E-state index in [1.54, 1.807) is 35.2 Å². The number of non-ortho nitro benzene ring substituents is 1. The summed E-state index contributed by atoms with van der Waals surface area (Å²) in [6.45, 7) is 1.62. The van der Waals surface area contributed by atoms with Gasteiger partial charge in [-0.3, -0.25) is 15.0 Å². The summed E-state index contributed by atoms with van der Waals surface area (Å²) >= 11 is 6.29. The van der Waals surface area contributed by atoms with Crippen molar-refractivity contribution in [3.63, 3.8) is 0 Å². The van der Waals surface area contributed by atoms with Crippen molar-refractivity contribution in [2.24, 2.45) is 0 Å². The number of nitro groups is 1. The van der Waals surface area contributed by atoms with E-state index in [4.69, 9.17) is 16.3 Å². The molecule has 2 amide bonds. The third-order valence-corrected chi connectivity index (χ3v) is 5.24. The largest absolute Gasteiger partial charge is 0.468 e. The van der Waals surface area contributed by atoms with E-state index in [1.807, 2.05) is 4.90 Å². The van der Waals surface area contributed by atoms with Gasteiger partial charge in [-0.2, -0.15) is 0 Å². The van der Waals surface area contributed by atoms with E-state index in [0.29, 0.717) is 42.5 Å². The zero-order valence-electron chi connectivity index (χ0n) is 16.3. The van der Waals surface area contributed by atoms with E-state index < -0.39 is 16.9 Å². The Bertz CT molecular complexity index is 946. The summed E-state index contributed by atoms with van der Waals surface area (Å²) in [4.78, 5) is 38.9.